The number of hydrogen-bond acceptors (Lipinski definition) is 6. The Hall–Kier alpha value is -3.55. The number of piperidine rings is 1. The molecule has 7 heteroatoms. The number of likely N-dealkylation sites (tertiary alicyclic amines) is 1. The third-order valence-corrected chi connectivity index (χ3v) is 8.03. The molecule has 0 amide bonds. The number of rotatable bonds is 9. The molecule has 6 nitrogen and oxygen atoms in total. The number of fused-ring (bicyclic) bond motifs is 1. The SMILES string of the molecule is COc1ccc2c(Oc3ccc(OCCN4CCCCC4)cc3)c(-c3cccc(S(C)(=O)=O)c3)ccc2c1. The molecule has 0 saturated carbocycles. The van der Waals surface area contributed by atoms with Gasteiger partial charge in [-0.15, -0.1) is 0 Å². The van der Waals surface area contributed by atoms with E-state index < -0.39 is 9.84 Å². The molecule has 0 aromatic heterocycles. The van der Waals surface area contributed by atoms with Gasteiger partial charge < -0.3 is 14.2 Å². The third-order valence-electron chi connectivity index (χ3n) is 6.92. The van der Waals surface area contributed by atoms with Gasteiger partial charge in [0, 0.05) is 23.8 Å². The Labute approximate surface area is 224 Å². The van der Waals surface area contributed by atoms with Crippen molar-refractivity contribution in [3.63, 3.8) is 0 Å². The van der Waals surface area contributed by atoms with Crippen molar-refractivity contribution in [2.75, 3.05) is 39.6 Å². The first-order valence-electron chi connectivity index (χ1n) is 12.9. The molecule has 38 heavy (non-hydrogen) atoms. The zero-order valence-electron chi connectivity index (χ0n) is 21.9. The lowest BCUT2D eigenvalue weighted by Gasteiger charge is -2.26. The van der Waals surface area contributed by atoms with E-state index in [-0.39, 0.29) is 4.90 Å². The Balaban J connectivity index is 1.43. The van der Waals surface area contributed by atoms with Crippen LogP contribution >= 0.6 is 0 Å². The molecule has 0 N–H and O–H groups in total. The molecule has 0 radical (unpaired) electrons. The van der Waals surface area contributed by atoms with Crippen molar-refractivity contribution in [3.8, 4) is 34.1 Å². The van der Waals surface area contributed by atoms with Crippen LogP contribution in [-0.2, 0) is 9.84 Å². The van der Waals surface area contributed by atoms with E-state index in [0.29, 0.717) is 18.1 Å². The second-order valence-electron chi connectivity index (χ2n) is 9.65. The van der Waals surface area contributed by atoms with E-state index >= 15 is 0 Å². The normalized spacial score (nSPS) is 14.4. The van der Waals surface area contributed by atoms with Crippen LogP contribution in [0.15, 0.2) is 83.8 Å². The largest absolute Gasteiger partial charge is 0.497 e. The van der Waals surface area contributed by atoms with E-state index in [0.717, 1.165) is 53.0 Å². The molecule has 5 rings (SSSR count). The van der Waals surface area contributed by atoms with Gasteiger partial charge in [0.25, 0.3) is 0 Å². The summed E-state index contributed by atoms with van der Waals surface area (Å²) in [5.74, 6) is 2.87. The van der Waals surface area contributed by atoms with Gasteiger partial charge in [-0.05, 0) is 97.5 Å². The van der Waals surface area contributed by atoms with Crippen molar-refractivity contribution in [1.29, 1.82) is 0 Å². The average molecular weight is 532 g/mol. The molecular formula is C31H33NO5S. The van der Waals surface area contributed by atoms with Crippen molar-refractivity contribution in [2.45, 2.75) is 24.2 Å². The van der Waals surface area contributed by atoms with E-state index in [1.807, 2.05) is 60.7 Å². The molecular weight excluding hydrogens is 498 g/mol. The number of sulfone groups is 1. The van der Waals surface area contributed by atoms with Crippen LogP contribution in [0, 0.1) is 0 Å². The zero-order chi connectivity index (χ0) is 26.5. The summed E-state index contributed by atoms with van der Waals surface area (Å²) in [7, 11) is -1.71. The zero-order valence-corrected chi connectivity index (χ0v) is 22.7. The van der Waals surface area contributed by atoms with Gasteiger partial charge in [0.2, 0.25) is 0 Å². The molecule has 1 fully saturated rings. The average Bonchev–Trinajstić information content (AvgIpc) is 2.94. The van der Waals surface area contributed by atoms with Crippen LogP contribution in [0.4, 0.5) is 0 Å². The second-order valence-corrected chi connectivity index (χ2v) is 11.7. The molecule has 0 unspecified atom stereocenters. The summed E-state index contributed by atoms with van der Waals surface area (Å²) in [5, 5.41) is 1.86. The second kappa shape index (κ2) is 11.5. The van der Waals surface area contributed by atoms with Crippen molar-refractivity contribution >= 4 is 20.6 Å². The van der Waals surface area contributed by atoms with Crippen LogP contribution in [-0.4, -0.2) is 52.9 Å². The van der Waals surface area contributed by atoms with Gasteiger partial charge in [0.15, 0.2) is 9.84 Å². The number of methoxy groups -OCH3 is 1. The Morgan fingerprint density at radius 1 is 0.816 bits per heavy atom. The molecule has 0 atom stereocenters. The van der Waals surface area contributed by atoms with Crippen LogP contribution in [0.3, 0.4) is 0 Å². The summed E-state index contributed by atoms with van der Waals surface area (Å²) in [5.41, 5.74) is 1.56. The Morgan fingerprint density at radius 2 is 1.55 bits per heavy atom. The molecule has 1 saturated heterocycles. The predicted molar refractivity (Wildman–Crippen MR) is 151 cm³/mol. The molecule has 0 bridgehead atoms. The first-order chi connectivity index (χ1) is 18.4. The van der Waals surface area contributed by atoms with E-state index in [2.05, 4.69) is 4.90 Å². The molecule has 0 spiro atoms. The molecule has 0 aliphatic carbocycles. The van der Waals surface area contributed by atoms with Crippen molar-refractivity contribution in [3.05, 3.63) is 78.9 Å². The van der Waals surface area contributed by atoms with Crippen LogP contribution in [0.1, 0.15) is 19.3 Å². The monoisotopic (exact) mass is 531 g/mol. The summed E-state index contributed by atoms with van der Waals surface area (Å²) >= 11 is 0. The summed E-state index contributed by atoms with van der Waals surface area (Å²) < 4.78 is 42.3. The van der Waals surface area contributed by atoms with Gasteiger partial charge in [0.1, 0.15) is 29.6 Å². The first kappa shape index (κ1) is 26.1. The van der Waals surface area contributed by atoms with Gasteiger partial charge in [0.05, 0.1) is 12.0 Å². The van der Waals surface area contributed by atoms with E-state index in [4.69, 9.17) is 14.2 Å². The predicted octanol–water partition coefficient (Wildman–Crippen LogP) is 6.58. The fourth-order valence-electron chi connectivity index (χ4n) is 4.84. The molecule has 4 aromatic carbocycles. The summed E-state index contributed by atoms with van der Waals surface area (Å²) in [6, 6.07) is 24.3. The summed E-state index contributed by atoms with van der Waals surface area (Å²) in [6.45, 7) is 3.91. The lowest BCUT2D eigenvalue weighted by atomic mass is 9.99. The quantitative estimate of drug-likeness (QED) is 0.243. The van der Waals surface area contributed by atoms with Gasteiger partial charge in [-0.25, -0.2) is 8.42 Å². The summed E-state index contributed by atoms with van der Waals surface area (Å²) in [4.78, 5) is 2.72. The highest BCUT2D eigenvalue weighted by Crippen LogP contribution is 2.41. The lowest BCUT2D eigenvalue weighted by molar-refractivity contribution is 0.183. The molecule has 1 heterocycles. The van der Waals surface area contributed by atoms with Gasteiger partial charge in [-0.2, -0.15) is 0 Å². The fraction of sp³-hybridized carbons (Fsp3) is 0.290. The Morgan fingerprint density at radius 3 is 2.29 bits per heavy atom. The van der Waals surface area contributed by atoms with Crippen LogP contribution in [0.25, 0.3) is 21.9 Å². The van der Waals surface area contributed by atoms with Crippen LogP contribution in [0.2, 0.25) is 0 Å². The Bertz CT molecular complexity index is 1510. The van der Waals surface area contributed by atoms with E-state index in [9.17, 15) is 8.42 Å². The standard InChI is InChI=1S/C31H33NO5S/c1-35-27-14-16-30-24(21-27)9-15-29(23-7-6-8-28(22-23)38(2,33)34)31(30)37-26-12-10-25(11-13-26)36-20-19-32-17-4-3-5-18-32/h6-16,21-22H,3-5,17-20H2,1-2H3. The van der Waals surface area contributed by atoms with Crippen molar-refractivity contribution in [1.82, 2.24) is 4.90 Å². The highest BCUT2D eigenvalue weighted by Gasteiger charge is 2.16. The fourth-order valence-corrected chi connectivity index (χ4v) is 5.50. The minimum Gasteiger partial charge on any atom is -0.497 e. The van der Waals surface area contributed by atoms with E-state index in [1.54, 1.807) is 25.3 Å². The van der Waals surface area contributed by atoms with Gasteiger partial charge >= 0.3 is 0 Å². The maximum atomic E-state index is 12.2. The lowest BCUT2D eigenvalue weighted by Crippen LogP contribution is -2.33. The minimum absolute atomic E-state index is 0.266. The Kier molecular flexibility index (Phi) is 7.86. The molecule has 4 aromatic rings. The van der Waals surface area contributed by atoms with Crippen molar-refractivity contribution in [2.24, 2.45) is 0 Å². The molecule has 198 valence electrons. The van der Waals surface area contributed by atoms with Gasteiger partial charge in [-0.3, -0.25) is 4.90 Å². The van der Waals surface area contributed by atoms with Crippen LogP contribution in [0.5, 0.6) is 23.0 Å². The van der Waals surface area contributed by atoms with E-state index in [1.165, 1.54) is 25.5 Å². The highest BCUT2D eigenvalue weighted by molar-refractivity contribution is 7.90. The minimum atomic E-state index is -3.35. The topological polar surface area (TPSA) is 65.1 Å². The van der Waals surface area contributed by atoms with Gasteiger partial charge in [-0.1, -0.05) is 24.6 Å². The van der Waals surface area contributed by atoms with Crippen molar-refractivity contribution < 1.29 is 22.6 Å². The molecule has 1 aliphatic heterocycles. The van der Waals surface area contributed by atoms with Crippen LogP contribution < -0.4 is 14.2 Å². The maximum absolute atomic E-state index is 12.2. The number of hydrogen-bond donors (Lipinski definition) is 0. The smallest absolute Gasteiger partial charge is 0.175 e. The summed E-state index contributed by atoms with van der Waals surface area (Å²) in [6.07, 6.45) is 5.08. The first-order valence-corrected chi connectivity index (χ1v) is 14.8. The molecule has 1 aliphatic rings. The number of ether oxygens (including phenoxy) is 3. The number of benzene rings is 4. The highest BCUT2D eigenvalue weighted by atomic mass is 32.2. The maximum Gasteiger partial charge on any atom is 0.175 e. The third kappa shape index (κ3) is 6.11. The number of nitrogens with zero attached hydrogens (tertiary/aromatic N) is 1.